The van der Waals surface area contributed by atoms with Crippen LogP contribution in [0.3, 0.4) is 0 Å². The zero-order valence-corrected chi connectivity index (χ0v) is 20.6. The number of ether oxygens (including phenoxy) is 3. The second-order valence-electron chi connectivity index (χ2n) is 8.15. The molecule has 0 aliphatic carbocycles. The summed E-state index contributed by atoms with van der Waals surface area (Å²) in [7, 11) is 2.75. The third kappa shape index (κ3) is 8.59. The predicted octanol–water partition coefficient (Wildman–Crippen LogP) is 3.89. The lowest BCUT2D eigenvalue weighted by Gasteiger charge is -2.23. The number of rotatable bonds is 11. The van der Waals surface area contributed by atoms with Gasteiger partial charge in [-0.3, -0.25) is 4.79 Å². The number of hydrogen-bond acceptors (Lipinski definition) is 6. The number of hydrogen-bond donors (Lipinski definition) is 2. The normalized spacial score (nSPS) is 12.4. The van der Waals surface area contributed by atoms with Gasteiger partial charge in [-0.1, -0.05) is 61.8 Å². The minimum absolute atomic E-state index is 0.0751. The number of halogens is 1. The molecule has 2 aromatic carbocycles. The smallest absolute Gasteiger partial charge is 0.408 e. The van der Waals surface area contributed by atoms with E-state index in [1.165, 1.54) is 14.2 Å². The number of esters is 1. The summed E-state index contributed by atoms with van der Waals surface area (Å²) >= 11 is 6.18. The molecule has 0 saturated carbocycles. The maximum absolute atomic E-state index is 13.0. The van der Waals surface area contributed by atoms with Crippen LogP contribution >= 0.6 is 11.6 Å². The number of nitrogens with one attached hydrogen (secondary N) is 2. The van der Waals surface area contributed by atoms with Gasteiger partial charge in [0.1, 0.15) is 24.4 Å². The fourth-order valence-electron chi connectivity index (χ4n) is 3.29. The van der Waals surface area contributed by atoms with E-state index in [0.29, 0.717) is 22.8 Å². The van der Waals surface area contributed by atoms with Gasteiger partial charge in [0.05, 0.1) is 19.2 Å². The zero-order valence-electron chi connectivity index (χ0n) is 19.8. The number of amides is 2. The molecule has 2 amide bonds. The van der Waals surface area contributed by atoms with Crippen LogP contribution < -0.4 is 15.4 Å². The van der Waals surface area contributed by atoms with Crippen LogP contribution in [-0.2, 0) is 32.1 Å². The van der Waals surface area contributed by atoms with Crippen molar-refractivity contribution in [1.29, 1.82) is 0 Å². The standard InChI is InChI=1S/C25H31ClN2O6/c1-16(2)12-20(28-25(31)34-15-17-8-6-5-7-9-17)23(29)27-21(24(30)33-4)14-18-10-11-22(32-3)19(26)13-18/h5-11,13,16,20-21H,12,14-15H2,1-4H3,(H,27,29)(H,28,31)/t20-,21-/m0/s1. The topological polar surface area (TPSA) is 103 Å². The molecule has 0 fully saturated rings. The number of alkyl carbamates (subject to hydrolysis) is 1. The summed E-state index contributed by atoms with van der Waals surface area (Å²) in [5.41, 5.74) is 1.53. The molecule has 2 atom stereocenters. The maximum Gasteiger partial charge on any atom is 0.408 e. The largest absolute Gasteiger partial charge is 0.495 e. The van der Waals surface area contributed by atoms with Crippen LogP contribution in [-0.4, -0.2) is 44.3 Å². The molecule has 2 rings (SSSR count). The molecule has 0 aromatic heterocycles. The van der Waals surface area contributed by atoms with E-state index in [9.17, 15) is 14.4 Å². The SMILES string of the molecule is COC(=O)[C@H](Cc1ccc(OC)c(Cl)c1)NC(=O)[C@H](CC(C)C)NC(=O)OCc1ccccc1. The van der Waals surface area contributed by atoms with Gasteiger partial charge in [0.2, 0.25) is 5.91 Å². The number of benzene rings is 2. The lowest BCUT2D eigenvalue weighted by molar-refractivity contribution is -0.145. The van der Waals surface area contributed by atoms with Gasteiger partial charge in [0.25, 0.3) is 0 Å². The molecule has 0 unspecified atom stereocenters. The van der Waals surface area contributed by atoms with Crippen LogP contribution in [0, 0.1) is 5.92 Å². The molecular weight excluding hydrogens is 460 g/mol. The second kappa shape index (κ2) is 13.4. The molecule has 2 N–H and O–H groups in total. The van der Waals surface area contributed by atoms with E-state index >= 15 is 0 Å². The maximum atomic E-state index is 13.0. The minimum Gasteiger partial charge on any atom is -0.495 e. The Balaban J connectivity index is 2.07. The van der Waals surface area contributed by atoms with Crippen molar-refractivity contribution in [2.75, 3.05) is 14.2 Å². The molecule has 0 spiro atoms. The van der Waals surface area contributed by atoms with Crippen LogP contribution in [0.4, 0.5) is 4.79 Å². The lowest BCUT2D eigenvalue weighted by atomic mass is 10.0. The van der Waals surface area contributed by atoms with Crippen molar-refractivity contribution in [2.45, 2.75) is 45.4 Å². The van der Waals surface area contributed by atoms with Crippen molar-refractivity contribution in [3.05, 3.63) is 64.7 Å². The molecular formula is C25H31ClN2O6. The van der Waals surface area contributed by atoms with Crippen LogP contribution in [0.1, 0.15) is 31.4 Å². The van der Waals surface area contributed by atoms with E-state index < -0.39 is 30.1 Å². The Morgan fingerprint density at radius 1 is 0.941 bits per heavy atom. The van der Waals surface area contributed by atoms with Gasteiger partial charge < -0.3 is 24.8 Å². The van der Waals surface area contributed by atoms with E-state index in [1.807, 2.05) is 44.2 Å². The van der Waals surface area contributed by atoms with E-state index in [4.69, 9.17) is 25.8 Å². The molecule has 0 radical (unpaired) electrons. The average molecular weight is 491 g/mol. The number of carbonyl (C=O) groups excluding carboxylic acids is 3. The third-order valence-electron chi connectivity index (χ3n) is 4.99. The van der Waals surface area contributed by atoms with Crippen molar-refractivity contribution < 1.29 is 28.6 Å². The molecule has 2 aromatic rings. The van der Waals surface area contributed by atoms with Gasteiger partial charge in [-0.05, 0) is 35.6 Å². The predicted molar refractivity (Wildman–Crippen MR) is 129 cm³/mol. The fraction of sp³-hybridized carbons (Fsp3) is 0.400. The van der Waals surface area contributed by atoms with Gasteiger partial charge in [-0.25, -0.2) is 9.59 Å². The van der Waals surface area contributed by atoms with Crippen LogP contribution in [0.25, 0.3) is 0 Å². The Bertz CT molecular complexity index is 967. The molecule has 0 heterocycles. The molecule has 0 aliphatic rings. The average Bonchev–Trinajstić information content (AvgIpc) is 2.81. The molecule has 0 bridgehead atoms. The highest BCUT2D eigenvalue weighted by Crippen LogP contribution is 2.25. The van der Waals surface area contributed by atoms with Crippen molar-refractivity contribution >= 4 is 29.6 Å². The van der Waals surface area contributed by atoms with Crippen molar-refractivity contribution in [3.63, 3.8) is 0 Å². The van der Waals surface area contributed by atoms with Crippen molar-refractivity contribution in [3.8, 4) is 5.75 Å². The monoisotopic (exact) mass is 490 g/mol. The van der Waals surface area contributed by atoms with E-state index in [2.05, 4.69) is 10.6 Å². The van der Waals surface area contributed by atoms with Gasteiger partial charge in [-0.2, -0.15) is 0 Å². The number of carbonyl (C=O) groups is 3. The highest BCUT2D eigenvalue weighted by molar-refractivity contribution is 6.32. The molecule has 8 nitrogen and oxygen atoms in total. The van der Waals surface area contributed by atoms with Gasteiger partial charge in [0, 0.05) is 6.42 Å². The Morgan fingerprint density at radius 3 is 2.24 bits per heavy atom. The Morgan fingerprint density at radius 2 is 1.65 bits per heavy atom. The molecule has 0 saturated heterocycles. The van der Waals surface area contributed by atoms with Crippen LogP contribution in [0.15, 0.2) is 48.5 Å². The summed E-state index contributed by atoms with van der Waals surface area (Å²) < 4.78 is 15.3. The second-order valence-corrected chi connectivity index (χ2v) is 8.55. The Labute approximate surface area is 204 Å². The summed E-state index contributed by atoms with van der Waals surface area (Å²) in [6, 6.07) is 12.4. The number of methoxy groups -OCH3 is 2. The van der Waals surface area contributed by atoms with Crippen LogP contribution in [0.5, 0.6) is 5.75 Å². The van der Waals surface area contributed by atoms with E-state index in [1.54, 1.807) is 18.2 Å². The summed E-state index contributed by atoms with van der Waals surface area (Å²) in [5, 5.41) is 5.68. The highest BCUT2D eigenvalue weighted by atomic mass is 35.5. The lowest BCUT2D eigenvalue weighted by Crippen LogP contribution is -2.53. The summed E-state index contributed by atoms with van der Waals surface area (Å²) in [6.45, 7) is 3.93. The summed E-state index contributed by atoms with van der Waals surface area (Å²) in [4.78, 5) is 37.8. The van der Waals surface area contributed by atoms with E-state index in [-0.39, 0.29) is 18.9 Å². The molecule has 9 heteroatoms. The quantitative estimate of drug-likeness (QED) is 0.463. The third-order valence-corrected chi connectivity index (χ3v) is 5.28. The summed E-state index contributed by atoms with van der Waals surface area (Å²) in [5.74, 6) is -0.531. The first kappa shape index (κ1) is 27.0. The first-order chi connectivity index (χ1) is 16.2. The first-order valence-corrected chi connectivity index (χ1v) is 11.3. The van der Waals surface area contributed by atoms with E-state index in [0.717, 1.165) is 5.56 Å². The van der Waals surface area contributed by atoms with Gasteiger partial charge >= 0.3 is 12.1 Å². The molecule has 184 valence electrons. The zero-order chi connectivity index (χ0) is 25.1. The van der Waals surface area contributed by atoms with Crippen molar-refractivity contribution in [1.82, 2.24) is 10.6 Å². The fourth-order valence-corrected chi connectivity index (χ4v) is 3.57. The van der Waals surface area contributed by atoms with Gasteiger partial charge in [-0.15, -0.1) is 0 Å². The van der Waals surface area contributed by atoms with Crippen molar-refractivity contribution in [2.24, 2.45) is 5.92 Å². The highest BCUT2D eigenvalue weighted by Gasteiger charge is 2.28. The van der Waals surface area contributed by atoms with Crippen LogP contribution in [0.2, 0.25) is 5.02 Å². The van der Waals surface area contributed by atoms with Gasteiger partial charge in [0.15, 0.2) is 0 Å². The summed E-state index contributed by atoms with van der Waals surface area (Å²) in [6.07, 6.45) is -0.218. The Hall–Kier alpha value is -3.26. The molecule has 34 heavy (non-hydrogen) atoms. The Kier molecular flexibility index (Phi) is 10.7. The molecule has 0 aliphatic heterocycles. The minimum atomic E-state index is -0.973. The first-order valence-electron chi connectivity index (χ1n) is 10.9.